The van der Waals surface area contributed by atoms with Crippen LogP contribution in [0.3, 0.4) is 0 Å². The SMILES string of the molecule is C.C/C=C\C=C(/C)c1cccc(NS(=O)(=O)c2ccccc2)c1. The first kappa shape index (κ1) is 18.7. The molecule has 0 unspecified atom stereocenters. The van der Waals surface area contributed by atoms with Gasteiger partial charge in [-0.15, -0.1) is 0 Å². The quantitative estimate of drug-likeness (QED) is 0.775. The second-order valence-corrected chi connectivity index (χ2v) is 6.56. The summed E-state index contributed by atoms with van der Waals surface area (Å²) in [4.78, 5) is 0.251. The van der Waals surface area contributed by atoms with E-state index in [9.17, 15) is 8.42 Å². The second-order valence-electron chi connectivity index (χ2n) is 4.87. The zero-order chi connectivity index (χ0) is 16.0. The molecule has 0 amide bonds. The van der Waals surface area contributed by atoms with Gasteiger partial charge in [0.05, 0.1) is 4.90 Å². The molecule has 122 valence electrons. The maximum Gasteiger partial charge on any atom is 0.261 e. The van der Waals surface area contributed by atoms with Crippen LogP contribution in [0.5, 0.6) is 0 Å². The summed E-state index contributed by atoms with van der Waals surface area (Å²) in [7, 11) is -3.56. The molecule has 1 N–H and O–H groups in total. The number of hydrogen-bond donors (Lipinski definition) is 1. The van der Waals surface area contributed by atoms with Crippen molar-refractivity contribution in [1.82, 2.24) is 0 Å². The monoisotopic (exact) mass is 329 g/mol. The van der Waals surface area contributed by atoms with Crippen molar-refractivity contribution in [2.75, 3.05) is 4.72 Å². The zero-order valence-electron chi connectivity index (χ0n) is 12.7. The molecule has 0 bridgehead atoms. The molecule has 2 rings (SSSR count). The maximum atomic E-state index is 12.3. The number of rotatable bonds is 5. The fraction of sp³-hybridized carbons (Fsp3) is 0.158. The lowest BCUT2D eigenvalue weighted by molar-refractivity contribution is 0.601. The predicted molar refractivity (Wildman–Crippen MR) is 98.9 cm³/mol. The van der Waals surface area contributed by atoms with E-state index < -0.39 is 10.0 Å². The fourth-order valence-corrected chi connectivity index (χ4v) is 3.05. The predicted octanol–water partition coefficient (Wildman–Crippen LogP) is 5.10. The Hall–Kier alpha value is -2.33. The number of hydrogen-bond acceptors (Lipinski definition) is 2. The van der Waals surface area contributed by atoms with Crippen molar-refractivity contribution >= 4 is 21.3 Å². The van der Waals surface area contributed by atoms with Gasteiger partial charge in [0.1, 0.15) is 0 Å². The van der Waals surface area contributed by atoms with E-state index in [1.54, 1.807) is 36.4 Å². The van der Waals surface area contributed by atoms with Crippen LogP contribution in [0.4, 0.5) is 5.69 Å². The summed E-state index contributed by atoms with van der Waals surface area (Å²) in [5.74, 6) is 0. The van der Waals surface area contributed by atoms with Crippen molar-refractivity contribution < 1.29 is 8.42 Å². The van der Waals surface area contributed by atoms with Crippen LogP contribution in [-0.4, -0.2) is 8.42 Å². The lowest BCUT2D eigenvalue weighted by Crippen LogP contribution is -2.12. The minimum atomic E-state index is -3.56. The van der Waals surface area contributed by atoms with Crippen LogP contribution in [-0.2, 0) is 10.0 Å². The average molecular weight is 329 g/mol. The van der Waals surface area contributed by atoms with Crippen molar-refractivity contribution in [3.05, 3.63) is 78.4 Å². The Morgan fingerprint density at radius 2 is 1.74 bits per heavy atom. The van der Waals surface area contributed by atoms with E-state index in [0.717, 1.165) is 11.1 Å². The van der Waals surface area contributed by atoms with Crippen LogP contribution in [0.2, 0.25) is 0 Å². The summed E-state index contributed by atoms with van der Waals surface area (Å²) in [6.07, 6.45) is 5.90. The third-order valence-electron chi connectivity index (χ3n) is 3.16. The molecule has 0 radical (unpaired) electrons. The smallest absolute Gasteiger partial charge is 0.261 e. The first-order valence-corrected chi connectivity index (χ1v) is 8.49. The van der Waals surface area contributed by atoms with Gasteiger partial charge in [0.25, 0.3) is 10.0 Å². The van der Waals surface area contributed by atoms with E-state index in [4.69, 9.17) is 0 Å². The molecular weight excluding hydrogens is 306 g/mol. The second kappa shape index (κ2) is 8.34. The highest BCUT2D eigenvalue weighted by atomic mass is 32.2. The van der Waals surface area contributed by atoms with E-state index >= 15 is 0 Å². The van der Waals surface area contributed by atoms with E-state index in [-0.39, 0.29) is 12.3 Å². The van der Waals surface area contributed by atoms with Gasteiger partial charge in [0, 0.05) is 5.69 Å². The summed E-state index contributed by atoms with van der Waals surface area (Å²) in [5.41, 5.74) is 2.60. The maximum absolute atomic E-state index is 12.3. The summed E-state index contributed by atoms with van der Waals surface area (Å²) < 4.78 is 27.2. The molecule has 2 aromatic rings. The van der Waals surface area contributed by atoms with Crippen molar-refractivity contribution in [3.8, 4) is 0 Å². The third-order valence-corrected chi connectivity index (χ3v) is 4.56. The van der Waals surface area contributed by atoms with Gasteiger partial charge >= 0.3 is 0 Å². The molecule has 23 heavy (non-hydrogen) atoms. The summed E-state index contributed by atoms with van der Waals surface area (Å²) in [6, 6.07) is 15.7. The van der Waals surface area contributed by atoms with Gasteiger partial charge in [-0.1, -0.05) is 56.0 Å². The Morgan fingerprint density at radius 1 is 1.04 bits per heavy atom. The highest BCUT2D eigenvalue weighted by Crippen LogP contribution is 2.21. The minimum absolute atomic E-state index is 0. The normalized spacial score (nSPS) is 12.0. The van der Waals surface area contributed by atoms with E-state index in [1.807, 2.05) is 50.3 Å². The van der Waals surface area contributed by atoms with Crippen molar-refractivity contribution in [3.63, 3.8) is 0 Å². The molecule has 0 atom stereocenters. The van der Waals surface area contributed by atoms with Crippen LogP contribution in [0, 0.1) is 0 Å². The molecule has 0 spiro atoms. The number of sulfonamides is 1. The van der Waals surface area contributed by atoms with Crippen LogP contribution in [0.1, 0.15) is 26.8 Å². The number of nitrogens with one attached hydrogen (secondary N) is 1. The molecule has 3 nitrogen and oxygen atoms in total. The van der Waals surface area contributed by atoms with Gasteiger partial charge in [0.15, 0.2) is 0 Å². The fourth-order valence-electron chi connectivity index (χ4n) is 1.98. The Labute approximate surface area is 139 Å². The van der Waals surface area contributed by atoms with Crippen molar-refractivity contribution in [2.24, 2.45) is 0 Å². The standard InChI is InChI=1S/C18H19NO2S.CH4/c1-3-4-9-15(2)16-10-8-11-17(14-16)19-22(20,21)18-12-6-5-7-13-18;/h3-14,19H,1-2H3;1H4/b4-3-,15-9+;. The zero-order valence-corrected chi connectivity index (χ0v) is 13.5. The molecule has 0 aliphatic heterocycles. The van der Waals surface area contributed by atoms with E-state index in [1.165, 1.54) is 0 Å². The van der Waals surface area contributed by atoms with Gasteiger partial charge in [-0.3, -0.25) is 4.72 Å². The molecular formula is C19H23NO2S. The van der Waals surface area contributed by atoms with Crippen molar-refractivity contribution in [1.29, 1.82) is 0 Å². The van der Waals surface area contributed by atoms with Gasteiger partial charge < -0.3 is 0 Å². The van der Waals surface area contributed by atoms with Gasteiger partial charge in [-0.05, 0) is 49.2 Å². The van der Waals surface area contributed by atoms with E-state index in [0.29, 0.717) is 5.69 Å². The molecule has 4 heteroatoms. The molecule has 0 saturated heterocycles. The number of anilines is 1. The molecule has 0 aliphatic carbocycles. The van der Waals surface area contributed by atoms with Crippen LogP contribution >= 0.6 is 0 Å². The third kappa shape index (κ3) is 5.11. The molecule has 0 aromatic heterocycles. The molecule has 0 heterocycles. The Morgan fingerprint density at radius 3 is 2.39 bits per heavy atom. The van der Waals surface area contributed by atoms with Crippen molar-refractivity contribution in [2.45, 2.75) is 26.2 Å². The average Bonchev–Trinajstić information content (AvgIpc) is 2.53. The molecule has 0 aliphatic rings. The molecule has 2 aromatic carbocycles. The van der Waals surface area contributed by atoms with Crippen LogP contribution < -0.4 is 4.72 Å². The lowest BCUT2D eigenvalue weighted by atomic mass is 10.1. The molecule has 0 fully saturated rings. The number of benzene rings is 2. The van der Waals surface area contributed by atoms with Gasteiger partial charge in [-0.2, -0.15) is 0 Å². The Bertz CT molecular complexity index is 791. The van der Waals surface area contributed by atoms with Crippen LogP contribution in [0.15, 0.2) is 77.7 Å². The van der Waals surface area contributed by atoms with E-state index in [2.05, 4.69) is 4.72 Å². The Kier molecular flexibility index (Phi) is 6.79. The van der Waals surface area contributed by atoms with Gasteiger partial charge in [-0.25, -0.2) is 8.42 Å². The Balaban J connectivity index is 0.00000264. The summed E-state index contributed by atoms with van der Waals surface area (Å²) in [5, 5.41) is 0. The lowest BCUT2D eigenvalue weighted by Gasteiger charge is -2.09. The highest BCUT2D eigenvalue weighted by Gasteiger charge is 2.13. The largest absolute Gasteiger partial charge is 0.280 e. The minimum Gasteiger partial charge on any atom is -0.280 e. The summed E-state index contributed by atoms with van der Waals surface area (Å²) in [6.45, 7) is 3.94. The molecule has 0 saturated carbocycles. The first-order chi connectivity index (χ1) is 10.5. The first-order valence-electron chi connectivity index (χ1n) is 7.01. The van der Waals surface area contributed by atoms with Gasteiger partial charge in [0.2, 0.25) is 0 Å². The van der Waals surface area contributed by atoms with Crippen LogP contribution in [0.25, 0.3) is 5.57 Å². The highest BCUT2D eigenvalue weighted by molar-refractivity contribution is 7.92. The summed E-state index contributed by atoms with van der Waals surface area (Å²) >= 11 is 0. The number of allylic oxidation sites excluding steroid dienone is 4. The topological polar surface area (TPSA) is 46.2 Å².